The third-order valence-electron chi connectivity index (χ3n) is 3.86. The van der Waals surface area contributed by atoms with Crippen LogP contribution in [0.5, 0.6) is 0 Å². The minimum absolute atomic E-state index is 0.543. The molecule has 0 spiro atoms. The molecule has 0 atom stereocenters. The average Bonchev–Trinajstić information content (AvgIpc) is 2.52. The second-order valence-electron chi connectivity index (χ2n) is 5.30. The van der Waals surface area contributed by atoms with Gasteiger partial charge in [-0.3, -0.25) is 0 Å². The number of nitrogens with two attached hydrogens (primary N) is 1. The van der Waals surface area contributed by atoms with Crippen LogP contribution in [-0.2, 0) is 4.74 Å². The first kappa shape index (κ1) is 15.6. The summed E-state index contributed by atoms with van der Waals surface area (Å²) in [6.07, 6.45) is 2.17. The van der Waals surface area contributed by atoms with E-state index < -0.39 is 0 Å². The maximum absolute atomic E-state index is 9.23. The summed E-state index contributed by atoms with van der Waals surface area (Å²) in [5.41, 5.74) is 8.05. The van der Waals surface area contributed by atoms with Gasteiger partial charge in [0.05, 0.1) is 17.9 Å². The smallest absolute Gasteiger partial charge is 0.101 e. The largest absolute Gasteiger partial charge is 0.399 e. The van der Waals surface area contributed by atoms with Gasteiger partial charge in [0.1, 0.15) is 6.07 Å². The van der Waals surface area contributed by atoms with E-state index in [1.807, 2.05) is 19.1 Å². The van der Waals surface area contributed by atoms with E-state index in [0.717, 1.165) is 51.4 Å². The highest BCUT2D eigenvalue weighted by molar-refractivity contribution is 5.64. The number of nitrogens with one attached hydrogen (secondary N) is 1. The number of piperidine rings is 1. The van der Waals surface area contributed by atoms with Gasteiger partial charge in [0.15, 0.2) is 0 Å². The molecule has 0 amide bonds. The summed E-state index contributed by atoms with van der Waals surface area (Å²) in [5, 5.41) is 12.8. The summed E-state index contributed by atoms with van der Waals surface area (Å²) in [6.45, 7) is 6.39. The fourth-order valence-electron chi connectivity index (χ4n) is 2.72. The van der Waals surface area contributed by atoms with Crippen molar-refractivity contribution in [2.45, 2.75) is 25.8 Å². The zero-order valence-corrected chi connectivity index (χ0v) is 12.6. The van der Waals surface area contributed by atoms with Crippen molar-refractivity contribution in [2.24, 2.45) is 0 Å². The first-order valence-electron chi connectivity index (χ1n) is 7.60. The molecule has 0 saturated carbocycles. The van der Waals surface area contributed by atoms with Crippen LogP contribution in [0.1, 0.15) is 25.3 Å². The molecule has 1 heterocycles. The normalized spacial score (nSPS) is 15.9. The zero-order valence-electron chi connectivity index (χ0n) is 12.6. The highest BCUT2D eigenvalue weighted by atomic mass is 16.5. The van der Waals surface area contributed by atoms with E-state index in [0.29, 0.717) is 17.3 Å². The van der Waals surface area contributed by atoms with Crippen LogP contribution in [0.25, 0.3) is 0 Å². The van der Waals surface area contributed by atoms with Crippen molar-refractivity contribution in [1.82, 2.24) is 5.32 Å². The Bertz CT molecular complexity index is 490. The Morgan fingerprint density at radius 2 is 2.19 bits per heavy atom. The van der Waals surface area contributed by atoms with E-state index in [2.05, 4.69) is 16.3 Å². The molecular weight excluding hydrogens is 264 g/mol. The summed E-state index contributed by atoms with van der Waals surface area (Å²) >= 11 is 0. The summed E-state index contributed by atoms with van der Waals surface area (Å²) in [6, 6.07) is 8.35. The molecule has 0 radical (unpaired) electrons. The van der Waals surface area contributed by atoms with Gasteiger partial charge in [-0.05, 0) is 38.0 Å². The van der Waals surface area contributed by atoms with Gasteiger partial charge < -0.3 is 20.7 Å². The SMILES string of the molecule is CCOCCNC1CCN(c2ccc(N)cc2C#N)CC1. The summed E-state index contributed by atoms with van der Waals surface area (Å²) in [4.78, 5) is 2.28. The molecular formula is C16H24N4O. The van der Waals surface area contributed by atoms with Crippen LogP contribution >= 0.6 is 0 Å². The topological polar surface area (TPSA) is 74.3 Å². The van der Waals surface area contributed by atoms with Crippen LogP contribution in [0.4, 0.5) is 11.4 Å². The number of nitriles is 1. The van der Waals surface area contributed by atoms with Gasteiger partial charge in [-0.15, -0.1) is 0 Å². The number of ether oxygens (including phenoxy) is 1. The van der Waals surface area contributed by atoms with Crippen LogP contribution in [0.3, 0.4) is 0 Å². The Hall–Kier alpha value is -1.77. The van der Waals surface area contributed by atoms with Gasteiger partial charge in [0.2, 0.25) is 0 Å². The third kappa shape index (κ3) is 4.35. The number of rotatable bonds is 6. The van der Waals surface area contributed by atoms with E-state index >= 15 is 0 Å². The lowest BCUT2D eigenvalue weighted by Gasteiger charge is -2.34. The standard InChI is InChI=1S/C16H24N4O/c1-2-21-10-7-19-15-5-8-20(9-6-15)16-4-3-14(18)11-13(16)12-17/h3-4,11,15,19H,2,5-10,18H2,1H3. The Labute approximate surface area is 126 Å². The quantitative estimate of drug-likeness (QED) is 0.616. The van der Waals surface area contributed by atoms with E-state index in [4.69, 9.17) is 10.5 Å². The second-order valence-corrected chi connectivity index (χ2v) is 5.30. The van der Waals surface area contributed by atoms with E-state index in [1.54, 1.807) is 6.07 Å². The zero-order chi connectivity index (χ0) is 15.1. The lowest BCUT2D eigenvalue weighted by molar-refractivity contribution is 0.145. The van der Waals surface area contributed by atoms with Crippen molar-refractivity contribution >= 4 is 11.4 Å². The van der Waals surface area contributed by atoms with Gasteiger partial charge in [0.25, 0.3) is 0 Å². The lowest BCUT2D eigenvalue weighted by atomic mass is 10.0. The molecule has 1 aromatic rings. The number of anilines is 2. The van der Waals surface area contributed by atoms with Gasteiger partial charge >= 0.3 is 0 Å². The van der Waals surface area contributed by atoms with Crippen molar-refractivity contribution in [3.63, 3.8) is 0 Å². The van der Waals surface area contributed by atoms with Crippen molar-refractivity contribution in [1.29, 1.82) is 5.26 Å². The highest BCUT2D eigenvalue weighted by Crippen LogP contribution is 2.25. The number of benzene rings is 1. The van der Waals surface area contributed by atoms with E-state index in [9.17, 15) is 5.26 Å². The number of nitrogens with zero attached hydrogens (tertiary/aromatic N) is 2. The molecule has 1 aliphatic rings. The van der Waals surface area contributed by atoms with Crippen LogP contribution in [0, 0.1) is 11.3 Å². The Morgan fingerprint density at radius 1 is 1.43 bits per heavy atom. The van der Waals surface area contributed by atoms with Gasteiger partial charge in [-0.25, -0.2) is 0 Å². The number of hydrogen-bond acceptors (Lipinski definition) is 5. The first-order valence-corrected chi connectivity index (χ1v) is 7.60. The van der Waals surface area contributed by atoms with Crippen molar-refractivity contribution in [3.05, 3.63) is 23.8 Å². The molecule has 0 aliphatic carbocycles. The highest BCUT2D eigenvalue weighted by Gasteiger charge is 2.20. The molecule has 114 valence electrons. The van der Waals surface area contributed by atoms with Gasteiger partial charge in [-0.2, -0.15) is 5.26 Å². The van der Waals surface area contributed by atoms with Crippen LogP contribution < -0.4 is 16.0 Å². The Kier molecular flexibility index (Phi) is 5.85. The fraction of sp³-hybridized carbons (Fsp3) is 0.562. The van der Waals surface area contributed by atoms with Crippen molar-refractivity contribution in [2.75, 3.05) is 43.5 Å². The first-order chi connectivity index (χ1) is 10.2. The van der Waals surface area contributed by atoms with E-state index in [-0.39, 0.29) is 0 Å². The Balaban J connectivity index is 1.85. The predicted molar refractivity (Wildman–Crippen MR) is 85.3 cm³/mol. The minimum Gasteiger partial charge on any atom is -0.399 e. The van der Waals surface area contributed by atoms with Crippen molar-refractivity contribution in [3.8, 4) is 6.07 Å². The molecule has 3 N–H and O–H groups in total. The molecule has 0 unspecified atom stereocenters. The van der Waals surface area contributed by atoms with Gasteiger partial charge in [-0.1, -0.05) is 0 Å². The third-order valence-corrected chi connectivity index (χ3v) is 3.86. The lowest BCUT2D eigenvalue weighted by Crippen LogP contribution is -2.43. The molecule has 1 aromatic carbocycles. The molecule has 5 heteroatoms. The molecule has 5 nitrogen and oxygen atoms in total. The molecule has 0 aromatic heterocycles. The predicted octanol–water partition coefficient (Wildman–Crippen LogP) is 1.74. The fourth-order valence-corrected chi connectivity index (χ4v) is 2.72. The monoisotopic (exact) mass is 288 g/mol. The molecule has 1 fully saturated rings. The summed E-state index contributed by atoms with van der Waals surface area (Å²) in [5.74, 6) is 0. The Morgan fingerprint density at radius 3 is 2.86 bits per heavy atom. The van der Waals surface area contributed by atoms with Crippen LogP contribution in [0.15, 0.2) is 18.2 Å². The number of hydrogen-bond donors (Lipinski definition) is 2. The molecule has 0 bridgehead atoms. The molecule has 2 rings (SSSR count). The maximum Gasteiger partial charge on any atom is 0.101 e. The average molecular weight is 288 g/mol. The molecule has 1 aliphatic heterocycles. The maximum atomic E-state index is 9.23. The molecule has 21 heavy (non-hydrogen) atoms. The summed E-state index contributed by atoms with van der Waals surface area (Å²) in [7, 11) is 0. The number of nitrogen functional groups attached to an aromatic ring is 1. The van der Waals surface area contributed by atoms with Crippen LogP contribution in [-0.4, -0.2) is 38.9 Å². The van der Waals surface area contributed by atoms with Crippen molar-refractivity contribution < 1.29 is 4.74 Å². The minimum atomic E-state index is 0.543. The van der Waals surface area contributed by atoms with Gasteiger partial charge in [0, 0.05) is 38.0 Å². The van der Waals surface area contributed by atoms with Crippen LogP contribution in [0.2, 0.25) is 0 Å². The second kappa shape index (κ2) is 7.87. The molecule has 1 saturated heterocycles. The summed E-state index contributed by atoms with van der Waals surface area (Å²) < 4.78 is 5.34. The van der Waals surface area contributed by atoms with E-state index in [1.165, 1.54) is 0 Å².